The smallest absolute Gasteiger partial charge is 0.311 e. The van der Waals surface area contributed by atoms with Crippen LogP contribution in [0.2, 0.25) is 0 Å². The lowest BCUT2D eigenvalue weighted by Crippen LogP contribution is -2.16. The van der Waals surface area contributed by atoms with Crippen LogP contribution in [-0.2, 0) is 11.2 Å². The molecule has 0 saturated carbocycles. The maximum absolute atomic E-state index is 13.8. The van der Waals surface area contributed by atoms with Crippen molar-refractivity contribution in [3.63, 3.8) is 0 Å². The van der Waals surface area contributed by atoms with Gasteiger partial charge in [-0.3, -0.25) is 4.79 Å². The first-order valence-corrected chi connectivity index (χ1v) is 7.16. The highest BCUT2D eigenvalue weighted by atomic mass is 32.2. The quantitative estimate of drug-likeness (QED) is 0.678. The fraction of sp³-hybridized carbons (Fsp3) is 0.214. The number of hydrogen-bond acceptors (Lipinski definition) is 4. The van der Waals surface area contributed by atoms with E-state index in [-0.39, 0.29) is 12.0 Å². The van der Waals surface area contributed by atoms with Crippen molar-refractivity contribution in [2.75, 3.05) is 6.26 Å². The number of aromatic nitrogens is 2. The van der Waals surface area contributed by atoms with Crippen LogP contribution in [0, 0.1) is 5.82 Å². The van der Waals surface area contributed by atoms with Gasteiger partial charge in [0.25, 0.3) is 0 Å². The number of hydrogen-bond donors (Lipinski definition) is 1. The molecule has 20 heavy (non-hydrogen) atoms. The molecule has 1 N–H and O–H groups in total. The molecule has 1 aromatic heterocycles. The minimum atomic E-state index is -1.06. The van der Waals surface area contributed by atoms with E-state index < -0.39 is 17.7 Å². The summed E-state index contributed by atoms with van der Waals surface area (Å²) in [7, 11) is 0. The molecular weight excluding hydrogens is 279 g/mol. The molecule has 0 fully saturated rings. The van der Waals surface area contributed by atoms with Gasteiger partial charge in [0.2, 0.25) is 0 Å². The Labute approximate surface area is 120 Å². The molecule has 0 bridgehead atoms. The molecule has 1 atom stereocenters. The number of carboxylic acids is 1. The number of aliphatic carboxylic acids is 1. The van der Waals surface area contributed by atoms with Crippen molar-refractivity contribution >= 4 is 17.7 Å². The highest BCUT2D eigenvalue weighted by Gasteiger charge is 2.24. The molecule has 0 spiro atoms. The Kier molecular flexibility index (Phi) is 4.68. The van der Waals surface area contributed by atoms with Crippen LogP contribution in [0.25, 0.3) is 0 Å². The fourth-order valence-electron chi connectivity index (χ4n) is 1.98. The van der Waals surface area contributed by atoms with E-state index in [0.717, 1.165) is 0 Å². The largest absolute Gasteiger partial charge is 0.481 e. The van der Waals surface area contributed by atoms with E-state index >= 15 is 0 Å². The topological polar surface area (TPSA) is 63.1 Å². The minimum absolute atomic E-state index is 0.160. The average molecular weight is 292 g/mol. The summed E-state index contributed by atoms with van der Waals surface area (Å²) in [5.74, 6) is -2.53. The molecular formula is C14H13FN2O2S. The lowest BCUT2D eigenvalue weighted by Gasteiger charge is -2.14. The van der Waals surface area contributed by atoms with E-state index in [9.17, 15) is 14.3 Å². The molecule has 1 aromatic carbocycles. The Morgan fingerprint density at radius 3 is 2.85 bits per heavy atom. The van der Waals surface area contributed by atoms with E-state index in [1.165, 1.54) is 36.3 Å². The molecule has 0 aliphatic carbocycles. The van der Waals surface area contributed by atoms with Gasteiger partial charge in [-0.15, -0.1) is 11.8 Å². The summed E-state index contributed by atoms with van der Waals surface area (Å²) in [5, 5.41) is 10.1. The van der Waals surface area contributed by atoms with E-state index in [0.29, 0.717) is 10.6 Å². The molecule has 0 aliphatic heterocycles. The first-order chi connectivity index (χ1) is 9.63. The summed E-state index contributed by atoms with van der Waals surface area (Å²) in [6.07, 6.45) is 5.00. The Morgan fingerprint density at radius 1 is 1.45 bits per heavy atom. The minimum Gasteiger partial charge on any atom is -0.481 e. The van der Waals surface area contributed by atoms with Gasteiger partial charge < -0.3 is 5.11 Å². The Hall–Kier alpha value is -1.95. The van der Waals surface area contributed by atoms with Crippen molar-refractivity contribution in [2.45, 2.75) is 17.4 Å². The van der Waals surface area contributed by atoms with Crippen LogP contribution in [0.15, 0.2) is 41.8 Å². The third-order valence-corrected chi connectivity index (χ3v) is 3.70. The number of carboxylic acid groups (broad SMARTS) is 1. The average Bonchev–Trinajstić information content (AvgIpc) is 2.46. The molecule has 2 rings (SSSR count). The van der Waals surface area contributed by atoms with Crippen LogP contribution in [0.1, 0.15) is 17.0 Å². The maximum Gasteiger partial charge on any atom is 0.311 e. The molecule has 1 unspecified atom stereocenters. The third-order valence-electron chi connectivity index (χ3n) is 2.94. The zero-order valence-corrected chi connectivity index (χ0v) is 11.6. The number of carbonyl (C=O) groups is 1. The van der Waals surface area contributed by atoms with Gasteiger partial charge in [0.15, 0.2) is 0 Å². The summed E-state index contributed by atoms with van der Waals surface area (Å²) in [6, 6.07) is 5.93. The third kappa shape index (κ3) is 3.14. The first kappa shape index (κ1) is 14.5. The van der Waals surface area contributed by atoms with Crippen LogP contribution in [-0.4, -0.2) is 27.3 Å². The van der Waals surface area contributed by atoms with E-state index in [1.54, 1.807) is 12.3 Å². The number of nitrogens with zero attached hydrogens (tertiary/aromatic N) is 2. The maximum atomic E-state index is 13.8. The van der Waals surface area contributed by atoms with Crippen molar-refractivity contribution < 1.29 is 14.3 Å². The number of benzene rings is 1. The molecule has 1 heterocycles. The van der Waals surface area contributed by atoms with Gasteiger partial charge in [-0.25, -0.2) is 14.4 Å². The molecule has 0 aliphatic rings. The predicted octanol–water partition coefficient (Wildman–Crippen LogP) is 2.75. The number of thioether (sulfide) groups is 1. The van der Waals surface area contributed by atoms with Crippen LogP contribution < -0.4 is 0 Å². The lowest BCUT2D eigenvalue weighted by atomic mass is 9.93. The normalized spacial score (nSPS) is 12.1. The highest BCUT2D eigenvalue weighted by molar-refractivity contribution is 7.98. The number of rotatable bonds is 5. The summed E-state index contributed by atoms with van der Waals surface area (Å²) >= 11 is 1.41. The van der Waals surface area contributed by atoms with E-state index in [4.69, 9.17) is 0 Å². The molecule has 0 amide bonds. The summed E-state index contributed by atoms with van der Waals surface area (Å²) in [5.41, 5.74) is 0.881. The van der Waals surface area contributed by atoms with Crippen LogP contribution in [0.3, 0.4) is 0 Å². The van der Waals surface area contributed by atoms with Crippen molar-refractivity contribution in [3.8, 4) is 0 Å². The van der Waals surface area contributed by atoms with Gasteiger partial charge in [-0.2, -0.15) is 0 Å². The van der Waals surface area contributed by atoms with E-state index in [1.807, 2.05) is 6.26 Å². The van der Waals surface area contributed by atoms with Crippen molar-refractivity contribution in [1.82, 2.24) is 9.97 Å². The Morgan fingerprint density at radius 2 is 2.20 bits per heavy atom. The van der Waals surface area contributed by atoms with Gasteiger partial charge in [-0.05, 0) is 18.7 Å². The molecule has 2 aromatic rings. The standard InChI is InChI=1S/C14H13FN2O2S/c1-20-13-9(7-16-8-17-13)6-11(14(18)19)10-4-2-3-5-12(10)15/h2-5,7-8,11H,6H2,1H3,(H,18,19). The van der Waals surface area contributed by atoms with E-state index in [2.05, 4.69) is 9.97 Å². The van der Waals surface area contributed by atoms with Crippen molar-refractivity contribution in [3.05, 3.63) is 53.7 Å². The van der Waals surface area contributed by atoms with Gasteiger partial charge in [0.1, 0.15) is 17.2 Å². The van der Waals surface area contributed by atoms with Crippen LogP contribution in [0.5, 0.6) is 0 Å². The van der Waals surface area contributed by atoms with Crippen molar-refractivity contribution in [1.29, 1.82) is 0 Å². The zero-order chi connectivity index (χ0) is 14.5. The molecule has 0 radical (unpaired) electrons. The fourth-order valence-corrected chi connectivity index (χ4v) is 2.53. The monoisotopic (exact) mass is 292 g/mol. The van der Waals surface area contributed by atoms with Crippen LogP contribution >= 0.6 is 11.8 Å². The number of halogens is 1. The second-order valence-corrected chi connectivity index (χ2v) is 4.97. The van der Waals surface area contributed by atoms with Gasteiger partial charge in [0, 0.05) is 17.3 Å². The molecule has 4 nitrogen and oxygen atoms in total. The summed E-state index contributed by atoms with van der Waals surface area (Å²) in [6.45, 7) is 0. The summed E-state index contributed by atoms with van der Waals surface area (Å²) in [4.78, 5) is 19.4. The molecule has 6 heteroatoms. The van der Waals surface area contributed by atoms with Crippen LogP contribution in [0.4, 0.5) is 4.39 Å². The summed E-state index contributed by atoms with van der Waals surface area (Å²) < 4.78 is 13.8. The molecule has 0 saturated heterocycles. The second-order valence-electron chi connectivity index (χ2n) is 4.17. The predicted molar refractivity (Wildman–Crippen MR) is 74.3 cm³/mol. The Balaban J connectivity index is 2.36. The first-order valence-electron chi connectivity index (χ1n) is 5.93. The van der Waals surface area contributed by atoms with Crippen molar-refractivity contribution in [2.24, 2.45) is 0 Å². The lowest BCUT2D eigenvalue weighted by molar-refractivity contribution is -0.138. The zero-order valence-electron chi connectivity index (χ0n) is 10.8. The second kappa shape index (κ2) is 6.47. The highest BCUT2D eigenvalue weighted by Crippen LogP contribution is 2.27. The van der Waals surface area contributed by atoms with Gasteiger partial charge in [-0.1, -0.05) is 18.2 Å². The SMILES string of the molecule is CSc1ncncc1CC(C(=O)O)c1ccccc1F. The van der Waals surface area contributed by atoms with Gasteiger partial charge >= 0.3 is 5.97 Å². The molecule has 104 valence electrons. The van der Waals surface area contributed by atoms with Gasteiger partial charge in [0.05, 0.1) is 5.92 Å². The Bertz CT molecular complexity index is 622.